The van der Waals surface area contributed by atoms with Crippen LogP contribution in [0.5, 0.6) is 0 Å². The number of guanidine groups is 1. The number of halogens is 1. The van der Waals surface area contributed by atoms with Crippen molar-refractivity contribution in [1.29, 1.82) is 0 Å². The van der Waals surface area contributed by atoms with Crippen molar-refractivity contribution in [2.24, 2.45) is 4.99 Å². The molecule has 1 aliphatic carbocycles. The van der Waals surface area contributed by atoms with Crippen LogP contribution < -0.4 is 10.6 Å². The number of hydrogen-bond acceptors (Lipinski definition) is 3. The van der Waals surface area contributed by atoms with E-state index in [1.54, 1.807) is 0 Å². The van der Waals surface area contributed by atoms with Gasteiger partial charge in [-0.25, -0.2) is 0 Å². The number of nitrogens with zero attached hydrogens (tertiary/aromatic N) is 1. The van der Waals surface area contributed by atoms with Gasteiger partial charge < -0.3 is 20.1 Å². The Morgan fingerprint density at radius 3 is 2.63 bits per heavy atom. The van der Waals surface area contributed by atoms with Crippen LogP contribution in [-0.4, -0.2) is 52.0 Å². The highest BCUT2D eigenvalue weighted by Crippen LogP contribution is 2.40. The maximum atomic E-state index is 5.71. The average molecular weight is 487 g/mol. The normalized spacial score (nSPS) is 21.7. The van der Waals surface area contributed by atoms with Crippen LogP contribution in [0.3, 0.4) is 0 Å². The van der Waals surface area contributed by atoms with Crippen molar-refractivity contribution in [3.8, 4) is 0 Å². The van der Waals surface area contributed by atoms with E-state index in [1.165, 1.54) is 31.2 Å². The molecule has 1 aromatic rings. The molecule has 1 heterocycles. The van der Waals surface area contributed by atoms with E-state index in [9.17, 15) is 0 Å². The van der Waals surface area contributed by atoms with E-state index >= 15 is 0 Å². The highest BCUT2D eigenvalue weighted by Gasteiger charge is 2.35. The zero-order chi connectivity index (χ0) is 18.1. The Morgan fingerprint density at radius 2 is 1.96 bits per heavy atom. The lowest BCUT2D eigenvalue weighted by molar-refractivity contribution is 0.0191. The van der Waals surface area contributed by atoms with E-state index in [2.05, 4.69) is 46.0 Å². The minimum Gasteiger partial charge on any atom is -0.377 e. The van der Waals surface area contributed by atoms with E-state index in [1.807, 2.05) is 7.05 Å². The summed E-state index contributed by atoms with van der Waals surface area (Å²) in [5, 5.41) is 6.90. The second-order valence-electron chi connectivity index (χ2n) is 7.42. The summed E-state index contributed by atoms with van der Waals surface area (Å²) in [5.41, 5.74) is 1.68. The zero-order valence-corrected chi connectivity index (χ0v) is 18.7. The van der Waals surface area contributed by atoms with Crippen molar-refractivity contribution in [3.63, 3.8) is 0 Å². The third-order valence-electron chi connectivity index (χ3n) is 5.63. The fraction of sp³-hybridized carbons (Fsp3) is 0.667. The van der Waals surface area contributed by atoms with Gasteiger partial charge in [-0.15, -0.1) is 24.0 Å². The van der Waals surface area contributed by atoms with E-state index < -0.39 is 0 Å². The first kappa shape index (κ1) is 22.4. The fourth-order valence-electron chi connectivity index (χ4n) is 4.12. The molecule has 2 N–H and O–H groups in total. The molecule has 0 aromatic heterocycles. The van der Waals surface area contributed by atoms with Crippen LogP contribution in [0, 0.1) is 0 Å². The smallest absolute Gasteiger partial charge is 0.191 e. The van der Waals surface area contributed by atoms with Crippen LogP contribution in [0.4, 0.5) is 0 Å². The Kier molecular flexibility index (Phi) is 9.86. The van der Waals surface area contributed by atoms with Gasteiger partial charge in [0.1, 0.15) is 0 Å². The third kappa shape index (κ3) is 6.61. The molecule has 1 aromatic carbocycles. The molecular formula is C21H34IN3O2. The number of ether oxygens (including phenoxy) is 2. The summed E-state index contributed by atoms with van der Waals surface area (Å²) < 4.78 is 11.3. The standard InChI is InChI=1S/C21H33N3O2.HI/c1-22-20(23-13-15-25-16-19-10-7-14-26-19)24-17-21(11-5-6-12-21)18-8-3-2-4-9-18;/h2-4,8-9,19H,5-7,10-17H2,1H3,(H2,22,23,24);1H. The number of nitrogens with one attached hydrogen (secondary N) is 2. The van der Waals surface area contributed by atoms with Gasteiger partial charge in [-0.3, -0.25) is 4.99 Å². The van der Waals surface area contributed by atoms with E-state index in [0.29, 0.717) is 19.3 Å². The number of aliphatic imine (C=N–C) groups is 1. The monoisotopic (exact) mass is 487 g/mol. The van der Waals surface area contributed by atoms with Crippen LogP contribution in [0.25, 0.3) is 0 Å². The van der Waals surface area contributed by atoms with Gasteiger partial charge in [0.25, 0.3) is 0 Å². The molecule has 0 amide bonds. The first-order chi connectivity index (χ1) is 12.8. The van der Waals surface area contributed by atoms with Gasteiger partial charge in [0.05, 0.1) is 19.3 Å². The largest absolute Gasteiger partial charge is 0.377 e. The summed E-state index contributed by atoms with van der Waals surface area (Å²) in [6.45, 7) is 3.93. The maximum Gasteiger partial charge on any atom is 0.191 e. The molecule has 152 valence electrons. The molecule has 27 heavy (non-hydrogen) atoms. The summed E-state index contributed by atoms with van der Waals surface area (Å²) in [6, 6.07) is 10.9. The lowest BCUT2D eigenvalue weighted by Gasteiger charge is -2.30. The van der Waals surface area contributed by atoms with Crippen molar-refractivity contribution in [1.82, 2.24) is 10.6 Å². The van der Waals surface area contributed by atoms with Gasteiger partial charge in [0.15, 0.2) is 5.96 Å². The zero-order valence-electron chi connectivity index (χ0n) is 16.4. The van der Waals surface area contributed by atoms with Crippen molar-refractivity contribution >= 4 is 29.9 Å². The van der Waals surface area contributed by atoms with Gasteiger partial charge in [-0.1, -0.05) is 43.2 Å². The molecule has 1 saturated carbocycles. The second-order valence-corrected chi connectivity index (χ2v) is 7.42. The van der Waals surface area contributed by atoms with E-state index in [4.69, 9.17) is 9.47 Å². The second kappa shape index (κ2) is 11.9. The topological polar surface area (TPSA) is 54.9 Å². The fourth-order valence-corrected chi connectivity index (χ4v) is 4.12. The number of rotatable bonds is 8. The SMILES string of the molecule is CN=C(NCCOCC1CCCO1)NCC1(c2ccccc2)CCCC1.I. The van der Waals surface area contributed by atoms with Crippen molar-refractivity contribution in [2.75, 3.05) is 40.0 Å². The molecule has 1 aliphatic heterocycles. The van der Waals surface area contributed by atoms with Crippen molar-refractivity contribution in [3.05, 3.63) is 35.9 Å². The lowest BCUT2D eigenvalue weighted by Crippen LogP contribution is -2.45. The summed E-state index contributed by atoms with van der Waals surface area (Å²) >= 11 is 0. The quantitative estimate of drug-likeness (QED) is 0.255. The molecule has 0 spiro atoms. The molecule has 1 atom stereocenters. The Balaban J connectivity index is 0.00000261. The molecule has 0 bridgehead atoms. The molecule has 6 heteroatoms. The van der Waals surface area contributed by atoms with Gasteiger partial charge in [-0.2, -0.15) is 0 Å². The molecule has 1 saturated heterocycles. The molecular weight excluding hydrogens is 453 g/mol. The molecule has 2 aliphatic rings. The van der Waals surface area contributed by atoms with Crippen molar-refractivity contribution < 1.29 is 9.47 Å². The van der Waals surface area contributed by atoms with Crippen LogP contribution >= 0.6 is 24.0 Å². The Labute approximate surface area is 180 Å². The summed E-state index contributed by atoms with van der Waals surface area (Å²) in [4.78, 5) is 4.36. The van der Waals surface area contributed by atoms with Gasteiger partial charge in [0.2, 0.25) is 0 Å². The lowest BCUT2D eigenvalue weighted by atomic mass is 9.79. The molecule has 1 unspecified atom stereocenters. The average Bonchev–Trinajstić information content (AvgIpc) is 3.37. The third-order valence-corrected chi connectivity index (χ3v) is 5.63. The Bertz CT molecular complexity index is 556. The Morgan fingerprint density at radius 1 is 1.19 bits per heavy atom. The minimum absolute atomic E-state index is 0. The first-order valence-corrected chi connectivity index (χ1v) is 10.0. The first-order valence-electron chi connectivity index (χ1n) is 10.0. The van der Waals surface area contributed by atoms with Crippen molar-refractivity contribution in [2.45, 2.75) is 50.0 Å². The van der Waals surface area contributed by atoms with Crippen LogP contribution in [-0.2, 0) is 14.9 Å². The summed E-state index contributed by atoms with van der Waals surface area (Å²) in [6.07, 6.45) is 7.67. The highest BCUT2D eigenvalue weighted by molar-refractivity contribution is 14.0. The predicted molar refractivity (Wildman–Crippen MR) is 121 cm³/mol. The van der Waals surface area contributed by atoms with Gasteiger partial charge in [-0.05, 0) is 31.2 Å². The molecule has 5 nitrogen and oxygen atoms in total. The maximum absolute atomic E-state index is 5.71. The number of benzene rings is 1. The Hall–Kier alpha value is -0.860. The highest BCUT2D eigenvalue weighted by atomic mass is 127. The molecule has 3 rings (SSSR count). The van der Waals surface area contributed by atoms with E-state index in [0.717, 1.165) is 38.5 Å². The van der Waals surface area contributed by atoms with Crippen LogP contribution in [0.15, 0.2) is 35.3 Å². The van der Waals surface area contributed by atoms with Crippen LogP contribution in [0.1, 0.15) is 44.1 Å². The van der Waals surface area contributed by atoms with Crippen LogP contribution in [0.2, 0.25) is 0 Å². The minimum atomic E-state index is 0. The number of hydrogen-bond donors (Lipinski definition) is 2. The summed E-state index contributed by atoms with van der Waals surface area (Å²) in [5.74, 6) is 0.855. The molecule has 0 radical (unpaired) electrons. The molecule has 2 fully saturated rings. The van der Waals surface area contributed by atoms with Gasteiger partial charge in [0, 0.05) is 32.2 Å². The van der Waals surface area contributed by atoms with Gasteiger partial charge >= 0.3 is 0 Å². The van der Waals surface area contributed by atoms with E-state index in [-0.39, 0.29) is 29.4 Å². The predicted octanol–water partition coefficient (Wildman–Crippen LogP) is 3.48. The summed E-state index contributed by atoms with van der Waals surface area (Å²) in [7, 11) is 1.83.